The number of aromatic nitrogens is 1. The second-order valence-electron chi connectivity index (χ2n) is 8.96. The predicted molar refractivity (Wildman–Crippen MR) is 135 cm³/mol. The minimum atomic E-state index is -1.82. The number of aryl methyl sites for hydroxylation is 2. The second-order valence-corrected chi connectivity index (χ2v) is 8.96. The molecule has 9 heteroatoms. The van der Waals surface area contributed by atoms with Crippen molar-refractivity contribution in [2.45, 2.75) is 26.2 Å². The van der Waals surface area contributed by atoms with Crippen molar-refractivity contribution >= 4 is 23.5 Å². The van der Waals surface area contributed by atoms with Gasteiger partial charge in [0.05, 0.1) is 5.69 Å². The number of oxazole rings is 1. The Labute approximate surface area is 210 Å². The van der Waals surface area contributed by atoms with Crippen LogP contribution in [0.3, 0.4) is 0 Å². The predicted octanol–water partition coefficient (Wildman–Crippen LogP) is 3.51. The number of nitrogens with zero attached hydrogens (tertiary/aromatic N) is 3. The SMILES string of the molecule is Cc1nc(CCC(=O)N2CC(CN(C)C)Cc3ccccc32)oc1-c1ccccc1.O=C(O)C(=O)O. The summed E-state index contributed by atoms with van der Waals surface area (Å²) >= 11 is 0. The zero-order valence-corrected chi connectivity index (χ0v) is 20.7. The van der Waals surface area contributed by atoms with Crippen molar-refractivity contribution < 1.29 is 29.0 Å². The normalized spacial score (nSPS) is 14.6. The van der Waals surface area contributed by atoms with Crippen LogP contribution in [0.15, 0.2) is 59.0 Å². The molecule has 1 aromatic heterocycles. The van der Waals surface area contributed by atoms with Gasteiger partial charge in [-0.3, -0.25) is 4.79 Å². The number of anilines is 1. The Morgan fingerprint density at radius 2 is 1.67 bits per heavy atom. The lowest BCUT2D eigenvalue weighted by atomic mass is 9.91. The molecule has 9 nitrogen and oxygen atoms in total. The summed E-state index contributed by atoms with van der Waals surface area (Å²) in [5.41, 5.74) is 4.17. The Hall–Kier alpha value is -3.98. The summed E-state index contributed by atoms with van der Waals surface area (Å²) in [5, 5.41) is 14.8. The molecule has 4 rings (SSSR count). The third kappa shape index (κ3) is 7.02. The van der Waals surface area contributed by atoms with Crippen LogP contribution in [0, 0.1) is 12.8 Å². The smallest absolute Gasteiger partial charge is 0.414 e. The molecule has 1 atom stereocenters. The highest BCUT2D eigenvalue weighted by Gasteiger charge is 2.28. The molecular formula is C27H31N3O6. The molecule has 0 saturated heterocycles. The first kappa shape index (κ1) is 26.6. The van der Waals surface area contributed by atoms with Crippen LogP contribution in [0.25, 0.3) is 11.3 Å². The molecule has 1 unspecified atom stereocenters. The first-order valence-electron chi connectivity index (χ1n) is 11.7. The summed E-state index contributed by atoms with van der Waals surface area (Å²) in [4.78, 5) is 40.1. The maximum absolute atomic E-state index is 13.2. The third-order valence-electron chi connectivity index (χ3n) is 5.77. The van der Waals surface area contributed by atoms with Gasteiger partial charge in [0.15, 0.2) is 11.7 Å². The van der Waals surface area contributed by atoms with Crippen LogP contribution in [0.5, 0.6) is 0 Å². The molecule has 1 aliphatic heterocycles. The van der Waals surface area contributed by atoms with Gasteiger partial charge in [0, 0.05) is 37.2 Å². The van der Waals surface area contributed by atoms with Crippen LogP contribution in [0.1, 0.15) is 23.6 Å². The van der Waals surface area contributed by atoms with Crippen molar-refractivity contribution in [2.24, 2.45) is 5.92 Å². The monoisotopic (exact) mass is 493 g/mol. The van der Waals surface area contributed by atoms with Crippen LogP contribution in [0.4, 0.5) is 5.69 Å². The van der Waals surface area contributed by atoms with Crippen molar-refractivity contribution in [3.05, 3.63) is 71.7 Å². The number of hydrogen-bond acceptors (Lipinski definition) is 6. The lowest BCUT2D eigenvalue weighted by molar-refractivity contribution is -0.159. The van der Waals surface area contributed by atoms with Gasteiger partial charge in [0.2, 0.25) is 5.91 Å². The van der Waals surface area contributed by atoms with Gasteiger partial charge >= 0.3 is 11.9 Å². The number of carboxylic acids is 2. The first-order valence-corrected chi connectivity index (χ1v) is 11.7. The number of hydrogen-bond donors (Lipinski definition) is 2. The van der Waals surface area contributed by atoms with Crippen molar-refractivity contribution in [1.29, 1.82) is 0 Å². The number of amides is 1. The van der Waals surface area contributed by atoms with E-state index in [2.05, 4.69) is 42.2 Å². The Kier molecular flexibility index (Phi) is 8.97. The largest absolute Gasteiger partial charge is 0.473 e. The van der Waals surface area contributed by atoms with E-state index in [0.29, 0.717) is 24.7 Å². The lowest BCUT2D eigenvalue weighted by Gasteiger charge is -2.35. The minimum absolute atomic E-state index is 0.128. The highest BCUT2D eigenvalue weighted by Crippen LogP contribution is 2.31. The number of fused-ring (bicyclic) bond motifs is 1. The van der Waals surface area contributed by atoms with Crippen LogP contribution in [-0.4, -0.2) is 65.1 Å². The fourth-order valence-electron chi connectivity index (χ4n) is 4.32. The minimum Gasteiger partial charge on any atom is -0.473 e. The lowest BCUT2D eigenvalue weighted by Crippen LogP contribution is -2.43. The molecule has 2 aromatic carbocycles. The van der Waals surface area contributed by atoms with Gasteiger partial charge in [-0.2, -0.15) is 0 Å². The van der Waals surface area contributed by atoms with Gasteiger partial charge in [0.1, 0.15) is 0 Å². The van der Waals surface area contributed by atoms with Crippen LogP contribution >= 0.6 is 0 Å². The fourth-order valence-corrected chi connectivity index (χ4v) is 4.32. The summed E-state index contributed by atoms with van der Waals surface area (Å²) < 4.78 is 5.99. The van der Waals surface area contributed by atoms with Crippen molar-refractivity contribution in [3.8, 4) is 11.3 Å². The number of benzene rings is 2. The van der Waals surface area contributed by atoms with E-state index in [9.17, 15) is 4.79 Å². The van der Waals surface area contributed by atoms with E-state index in [4.69, 9.17) is 24.2 Å². The van der Waals surface area contributed by atoms with Gasteiger partial charge in [0.25, 0.3) is 0 Å². The number of aliphatic carboxylic acids is 2. The standard InChI is InChI=1S/C25H29N3O2.C2H2O4/c1-18-25(20-9-5-4-6-10-20)30-23(26-18)13-14-24(29)28-17-19(16-27(2)3)15-21-11-7-8-12-22(21)28;3-1(4)2(5)6/h4-12,19H,13-17H2,1-3H3;(H,3,4)(H,5,6). The van der Waals surface area contributed by atoms with Crippen molar-refractivity contribution in [1.82, 2.24) is 9.88 Å². The average molecular weight is 494 g/mol. The van der Waals surface area contributed by atoms with E-state index in [1.807, 2.05) is 48.2 Å². The zero-order valence-electron chi connectivity index (χ0n) is 20.7. The highest BCUT2D eigenvalue weighted by molar-refractivity contribution is 6.27. The molecule has 190 valence electrons. The van der Waals surface area contributed by atoms with E-state index in [1.54, 1.807) is 0 Å². The molecule has 0 radical (unpaired) electrons. The van der Waals surface area contributed by atoms with Crippen LogP contribution in [0.2, 0.25) is 0 Å². The highest BCUT2D eigenvalue weighted by atomic mass is 16.4. The number of para-hydroxylation sites is 1. The Morgan fingerprint density at radius 3 is 2.31 bits per heavy atom. The van der Waals surface area contributed by atoms with Gasteiger partial charge in [-0.05, 0) is 45.0 Å². The summed E-state index contributed by atoms with van der Waals surface area (Å²) in [5.74, 6) is -1.68. The molecule has 2 heterocycles. The molecule has 0 spiro atoms. The topological polar surface area (TPSA) is 124 Å². The Morgan fingerprint density at radius 1 is 1.03 bits per heavy atom. The number of carbonyl (C=O) groups is 3. The molecule has 0 aliphatic carbocycles. The molecule has 1 amide bonds. The van der Waals surface area contributed by atoms with E-state index in [-0.39, 0.29) is 5.91 Å². The van der Waals surface area contributed by atoms with E-state index >= 15 is 0 Å². The van der Waals surface area contributed by atoms with E-state index in [0.717, 1.165) is 42.2 Å². The maximum atomic E-state index is 13.2. The molecule has 2 N–H and O–H groups in total. The van der Waals surface area contributed by atoms with Crippen molar-refractivity contribution in [2.75, 3.05) is 32.1 Å². The Bertz CT molecular complexity index is 1190. The molecule has 1 aliphatic rings. The number of rotatable bonds is 6. The van der Waals surface area contributed by atoms with Gasteiger partial charge in [-0.15, -0.1) is 0 Å². The maximum Gasteiger partial charge on any atom is 0.414 e. The fraction of sp³-hybridized carbons (Fsp3) is 0.333. The summed E-state index contributed by atoms with van der Waals surface area (Å²) in [6.45, 7) is 3.68. The first-order chi connectivity index (χ1) is 17.2. The molecular weight excluding hydrogens is 462 g/mol. The molecule has 36 heavy (non-hydrogen) atoms. The molecule has 0 fully saturated rings. The summed E-state index contributed by atoms with van der Waals surface area (Å²) in [6.07, 6.45) is 1.90. The second kappa shape index (κ2) is 12.1. The van der Waals surface area contributed by atoms with Crippen LogP contribution < -0.4 is 4.90 Å². The quantitative estimate of drug-likeness (QED) is 0.500. The third-order valence-corrected chi connectivity index (χ3v) is 5.77. The van der Waals surface area contributed by atoms with Gasteiger partial charge < -0.3 is 24.4 Å². The Balaban J connectivity index is 0.000000538. The molecule has 3 aromatic rings. The average Bonchev–Trinajstić information content (AvgIpc) is 3.23. The van der Waals surface area contributed by atoms with Crippen molar-refractivity contribution in [3.63, 3.8) is 0 Å². The molecule has 0 bridgehead atoms. The molecule has 0 saturated carbocycles. The summed E-state index contributed by atoms with van der Waals surface area (Å²) in [6, 6.07) is 18.2. The van der Waals surface area contributed by atoms with E-state index < -0.39 is 11.9 Å². The summed E-state index contributed by atoms with van der Waals surface area (Å²) in [7, 11) is 4.17. The van der Waals surface area contributed by atoms with Gasteiger partial charge in [-0.25, -0.2) is 14.6 Å². The zero-order chi connectivity index (χ0) is 26.2. The van der Waals surface area contributed by atoms with Crippen LogP contribution in [-0.2, 0) is 27.2 Å². The van der Waals surface area contributed by atoms with Gasteiger partial charge in [-0.1, -0.05) is 48.5 Å². The number of carboxylic acid groups (broad SMARTS) is 2. The number of carbonyl (C=O) groups excluding carboxylic acids is 1. The van der Waals surface area contributed by atoms with E-state index in [1.165, 1.54) is 5.56 Å².